The predicted octanol–water partition coefficient (Wildman–Crippen LogP) is 7.51. The second kappa shape index (κ2) is 30.2. The minimum atomic E-state index is -3.15. The summed E-state index contributed by atoms with van der Waals surface area (Å²) in [6.07, 6.45) is 0. The number of hydrogen-bond acceptors (Lipinski definition) is 8. The third-order valence-electron chi connectivity index (χ3n) is 10.3. The Morgan fingerprint density at radius 2 is 0.924 bits per heavy atom. The quantitative estimate of drug-likeness (QED) is 0.0725. The average molecular weight is 996 g/mol. The van der Waals surface area contributed by atoms with Crippen molar-refractivity contribution < 1.29 is 80.8 Å². The van der Waals surface area contributed by atoms with Crippen molar-refractivity contribution in [3.8, 4) is 33.6 Å². The summed E-state index contributed by atoms with van der Waals surface area (Å²) in [6, 6.07) is 50.1. The van der Waals surface area contributed by atoms with Crippen LogP contribution in [0.25, 0.3) is 55.4 Å². The fraction of sp³-hybridized carbons (Fsp3) is 0.192. The van der Waals surface area contributed by atoms with Crippen LogP contribution in [0.1, 0.15) is 72.9 Å². The van der Waals surface area contributed by atoms with E-state index in [4.69, 9.17) is 46.3 Å². The second-order valence-electron chi connectivity index (χ2n) is 16.2. The predicted molar refractivity (Wildman–Crippen MR) is 268 cm³/mol. The number of aromatic nitrogens is 2. The standard InChI is InChI=1S/C26H25N.C17H14ClN.C9H13BO2.3K.HO4P/c1-17(2)20-5-7-21(8-6-20)23-10-9-22-11-12-25(27-26(22)16-23)24-14-18(3)13-19(4)15-24;1-11-7-12(2)9-14(8-11)16-6-4-13-3-5-15(18)10-17(13)19-16;1-7(2)8-3-5-9(6-4-8)10(11)12;;;;1-4-5(2)3/h5-17H,1-4H3;3-10H,1-2H3;3-7,11-12H,1-2H3;;;;1H/q;;;;;+1;/p-1. The molecule has 1 unspecified atom stereocenters. The fourth-order valence-corrected chi connectivity index (χ4v) is 7.23. The average Bonchev–Trinajstić information content (AvgIpc) is 3.29. The van der Waals surface area contributed by atoms with Crippen LogP contribution in [-0.2, 0) is 9.24 Å². The van der Waals surface area contributed by atoms with Gasteiger partial charge in [-0.15, -0.1) is 0 Å². The van der Waals surface area contributed by atoms with Gasteiger partial charge in [0.25, 0.3) is 0 Å². The topological polar surface area (TPSA) is 139 Å². The molecular weight excluding hydrogens is 943 g/mol. The van der Waals surface area contributed by atoms with Crippen LogP contribution in [-0.4, -0.2) is 90.3 Å². The molecule has 66 heavy (non-hydrogen) atoms. The molecule has 2 aromatic heterocycles. The van der Waals surface area contributed by atoms with E-state index in [1.54, 1.807) is 12.1 Å². The summed E-state index contributed by atoms with van der Waals surface area (Å²) in [5, 5.41) is 29.2. The second-order valence-corrected chi connectivity index (χ2v) is 17.2. The molecule has 8 nitrogen and oxygen atoms in total. The maximum atomic E-state index is 8.87. The molecule has 14 heteroatoms. The first-order valence-corrected chi connectivity index (χ1v) is 39.1. The van der Waals surface area contributed by atoms with Crippen molar-refractivity contribution in [3.05, 3.63) is 184 Å². The van der Waals surface area contributed by atoms with Gasteiger partial charge in [-0.1, -0.05) is 153 Å². The monoisotopic (exact) mass is 994 g/mol. The van der Waals surface area contributed by atoms with E-state index in [1.807, 2.05) is 30.3 Å². The summed E-state index contributed by atoms with van der Waals surface area (Å²) in [4.78, 5) is 18.5. The van der Waals surface area contributed by atoms with Crippen LogP contribution < -0.4 is 67.0 Å². The Morgan fingerprint density at radius 3 is 1.32 bits per heavy atom. The number of nitrogens with zero attached hydrogens (tertiary/aromatic N) is 2. The van der Waals surface area contributed by atoms with Crippen LogP contribution in [0, 0.1) is 27.7 Å². The first-order chi connectivity index (χ1) is 31.0. The van der Waals surface area contributed by atoms with E-state index in [9.17, 15) is 0 Å². The molecule has 0 fully saturated rings. The third kappa shape index (κ3) is 19.1. The van der Waals surface area contributed by atoms with Gasteiger partial charge in [-0.25, -0.2) is 14.6 Å². The molecule has 0 spiro atoms. The molecule has 0 aliphatic rings. The van der Waals surface area contributed by atoms with E-state index < -0.39 is 15.4 Å². The van der Waals surface area contributed by atoms with Gasteiger partial charge in [0.15, 0.2) is 0 Å². The molecule has 2 N–H and O–H groups in total. The van der Waals surface area contributed by atoms with Crippen molar-refractivity contribution in [2.45, 2.75) is 67.2 Å². The van der Waals surface area contributed by atoms with Crippen molar-refractivity contribution in [1.82, 2.24) is 9.97 Å². The zero-order chi connectivity index (χ0) is 47.8. The van der Waals surface area contributed by atoms with Crippen molar-refractivity contribution >= 4 is 117 Å². The van der Waals surface area contributed by atoms with Gasteiger partial charge in [-0.2, -0.15) is 0 Å². The molecule has 1 atom stereocenters. The zero-order valence-electron chi connectivity index (χ0n) is 39.8. The number of halogens is 1. The number of fused-ring (bicyclic) bond motifs is 2. The summed E-state index contributed by atoms with van der Waals surface area (Å²) in [5.41, 5.74) is 16.9. The Kier molecular flexibility index (Phi) is 27.3. The van der Waals surface area contributed by atoms with Crippen LogP contribution in [0.4, 0.5) is 0 Å². The molecule has 0 amide bonds. The van der Waals surface area contributed by atoms with Gasteiger partial charge in [0.1, 0.15) is 0 Å². The number of rotatable bonds is 7. The molecule has 0 bridgehead atoms. The summed E-state index contributed by atoms with van der Waals surface area (Å²) in [6.45, 7) is 17.1. The molecule has 0 saturated heterocycles. The van der Waals surface area contributed by atoms with Crippen LogP contribution in [0.15, 0.2) is 146 Å². The Bertz CT molecular complexity index is 2750. The molecule has 0 radical (unpaired) electrons. The van der Waals surface area contributed by atoms with Crippen molar-refractivity contribution in [1.29, 1.82) is 0 Å². The van der Waals surface area contributed by atoms with Gasteiger partial charge in [-0.05, 0) is 126 Å². The Morgan fingerprint density at radius 1 is 0.561 bits per heavy atom. The first-order valence-electron chi connectivity index (χ1n) is 21.6. The van der Waals surface area contributed by atoms with Gasteiger partial charge in [0.2, 0.25) is 0 Å². The summed E-state index contributed by atoms with van der Waals surface area (Å²) >= 11 is 8.53. The summed E-state index contributed by atoms with van der Waals surface area (Å²) in [7, 11) is -4.51. The molecule has 8 rings (SSSR count). The Balaban J connectivity index is 0.000000258. The number of benzene rings is 6. The maximum absolute atomic E-state index is 8.87. The van der Waals surface area contributed by atoms with Gasteiger partial charge in [-0.3, -0.25) is 0 Å². The van der Waals surface area contributed by atoms with Crippen LogP contribution in [0.2, 0.25) is 5.02 Å². The molecule has 6 aromatic carbocycles. The summed E-state index contributed by atoms with van der Waals surface area (Å²) < 4.78 is 11.3. The van der Waals surface area contributed by atoms with Crippen molar-refractivity contribution in [2.75, 3.05) is 0 Å². The molecule has 0 saturated carbocycles. The number of pyridine rings is 2. The van der Waals surface area contributed by atoms with E-state index in [2.05, 4.69) is 163 Å². The Hall–Kier alpha value is -0.696. The van der Waals surface area contributed by atoms with Crippen LogP contribution in [0.3, 0.4) is 0 Å². The number of hydrogen-bond donors (Lipinski definition) is 2. The minimum absolute atomic E-state index is 0. The molecule has 0 aliphatic carbocycles. The van der Waals surface area contributed by atoms with E-state index in [0.717, 1.165) is 38.4 Å². The molecule has 0 aliphatic heterocycles. The van der Waals surface area contributed by atoms with E-state index in [-0.39, 0.29) is 51.4 Å². The molecule has 324 valence electrons. The van der Waals surface area contributed by atoms with Crippen LogP contribution >= 0.6 is 19.9 Å². The van der Waals surface area contributed by atoms with Crippen molar-refractivity contribution in [2.24, 2.45) is 0 Å². The molecule has 8 aromatic rings. The fourth-order valence-electron chi connectivity index (χ4n) is 7.07. The van der Waals surface area contributed by atoms with Gasteiger partial charge < -0.3 is 20.2 Å². The third-order valence-corrected chi connectivity index (χ3v) is 10.6. The van der Waals surface area contributed by atoms with Gasteiger partial charge >= 0.3 is 130 Å². The van der Waals surface area contributed by atoms with Gasteiger partial charge in [0, 0.05) is 26.9 Å². The molecule has 2 heterocycles. The van der Waals surface area contributed by atoms with Gasteiger partial charge in [0.05, 0.1) is 22.4 Å². The van der Waals surface area contributed by atoms with E-state index in [0.29, 0.717) is 17.3 Å². The normalized spacial score (nSPS) is 10.6. The van der Waals surface area contributed by atoms with Crippen LogP contribution in [0.5, 0.6) is 0 Å². The SMILES string of the molecule is CC(C)c1ccc(B(O)O)cc1.Cc1cc(C)cc(-c2ccc3ccc(-c4ccc(C(C)C)cc4)cc3n2)c1.Cc1cc(C)cc(-c2ccc3ccc(Cl)cc3n2)c1.O=[P+]([O-])O[O-].[K+].[K][K]. The van der Waals surface area contributed by atoms with E-state index in [1.165, 1.54) is 119 Å². The Labute approximate surface area is 484 Å². The zero-order valence-corrected chi connectivity index (χ0v) is 50.9. The number of aryl methyl sites for hydroxylation is 4. The van der Waals surface area contributed by atoms with Crippen molar-refractivity contribution in [3.63, 3.8) is 0 Å². The summed E-state index contributed by atoms with van der Waals surface area (Å²) in [5.74, 6) is 1.03. The van der Waals surface area contributed by atoms with E-state index >= 15 is 0 Å². The molecular formula is C52H52BClK3N2O6P. The first kappa shape index (κ1) is 59.6.